The number of hydrogen-bond acceptors (Lipinski definition) is 7. The molecule has 0 aromatic rings. The van der Waals surface area contributed by atoms with Crippen LogP contribution in [0, 0.1) is 0 Å². The van der Waals surface area contributed by atoms with Gasteiger partial charge in [-0.3, -0.25) is 9.59 Å². The number of allylic oxidation sites excluding steroid dienone is 8. The second-order valence-electron chi connectivity index (χ2n) is 23.1. The van der Waals surface area contributed by atoms with E-state index in [4.69, 9.17) is 18.9 Å². The summed E-state index contributed by atoms with van der Waals surface area (Å²) in [6, 6.07) is 0. The average molecular weight is 1070 g/mol. The minimum absolute atomic E-state index is 0.176. The fourth-order valence-corrected chi connectivity index (χ4v) is 9.42. The first-order valence-corrected chi connectivity index (χ1v) is 32.3. The molecule has 0 aromatic carbocycles. The topological polar surface area (TPSA) is 108 Å². The van der Waals surface area contributed by atoms with Crippen LogP contribution in [0.5, 0.6) is 0 Å². The van der Waals surface area contributed by atoms with E-state index in [1.54, 1.807) is 0 Å². The van der Waals surface area contributed by atoms with Gasteiger partial charge >= 0.3 is 17.9 Å². The van der Waals surface area contributed by atoms with Gasteiger partial charge in [0.15, 0.2) is 6.10 Å². The average Bonchev–Trinajstić information content (AvgIpc) is 3.39. The molecule has 76 heavy (non-hydrogen) atoms. The van der Waals surface area contributed by atoms with Crippen molar-refractivity contribution >= 4 is 17.9 Å². The lowest BCUT2D eigenvalue weighted by molar-refractivity contribution is -0.870. The Hall–Kier alpha value is -2.75. The number of unbranched alkanes of at least 4 members (excludes halogenated alkanes) is 37. The number of nitrogens with zero attached hydrogens (tertiary/aromatic N) is 1. The lowest BCUT2D eigenvalue weighted by Gasteiger charge is -2.25. The molecule has 0 amide bonds. The summed E-state index contributed by atoms with van der Waals surface area (Å²) in [7, 11) is 5.98. The van der Waals surface area contributed by atoms with Crippen molar-refractivity contribution in [3.63, 3.8) is 0 Å². The number of aliphatic carboxylic acids is 1. The first-order valence-electron chi connectivity index (χ1n) is 32.3. The van der Waals surface area contributed by atoms with Crippen LogP contribution in [0.15, 0.2) is 48.6 Å². The van der Waals surface area contributed by atoms with E-state index in [1.165, 1.54) is 212 Å². The quantitative estimate of drug-likeness (QED) is 0.0211. The highest BCUT2D eigenvalue weighted by molar-refractivity contribution is 5.71. The third-order valence-corrected chi connectivity index (χ3v) is 14.3. The van der Waals surface area contributed by atoms with Crippen LogP contribution in [0.4, 0.5) is 0 Å². The van der Waals surface area contributed by atoms with Gasteiger partial charge in [0, 0.05) is 12.8 Å². The van der Waals surface area contributed by atoms with Gasteiger partial charge in [-0.25, -0.2) is 4.79 Å². The number of carbonyl (C=O) groups excluding carboxylic acids is 2. The minimum Gasteiger partial charge on any atom is -0.477 e. The molecule has 0 aliphatic heterocycles. The van der Waals surface area contributed by atoms with Gasteiger partial charge in [0.2, 0.25) is 0 Å². The van der Waals surface area contributed by atoms with E-state index in [9.17, 15) is 19.5 Å². The van der Waals surface area contributed by atoms with Crippen molar-refractivity contribution in [3.05, 3.63) is 48.6 Å². The van der Waals surface area contributed by atoms with Gasteiger partial charge < -0.3 is 28.5 Å². The van der Waals surface area contributed by atoms with Crippen molar-refractivity contribution in [1.82, 2.24) is 0 Å². The third-order valence-electron chi connectivity index (χ3n) is 14.3. The Bertz CT molecular complexity index is 1380. The van der Waals surface area contributed by atoms with Crippen molar-refractivity contribution in [2.45, 2.75) is 315 Å². The van der Waals surface area contributed by atoms with Crippen LogP contribution >= 0.6 is 0 Å². The summed E-state index contributed by atoms with van der Waals surface area (Å²) in [5.41, 5.74) is 0. The Balaban J connectivity index is 4.07. The number of esters is 2. The molecule has 0 rings (SSSR count). The number of hydrogen-bond donors (Lipinski definition) is 1. The highest BCUT2D eigenvalue weighted by atomic mass is 16.7. The number of quaternary nitrogens is 1. The molecule has 0 bridgehead atoms. The van der Waals surface area contributed by atoms with Crippen molar-refractivity contribution in [2.75, 3.05) is 47.5 Å². The van der Waals surface area contributed by atoms with Crippen molar-refractivity contribution in [1.29, 1.82) is 0 Å². The Morgan fingerprint density at radius 2 is 0.750 bits per heavy atom. The van der Waals surface area contributed by atoms with E-state index >= 15 is 0 Å². The molecular formula is C67H124NO8+. The zero-order valence-corrected chi connectivity index (χ0v) is 50.7. The number of likely N-dealkylation sites (N-methyl/N-ethyl adjacent to an activating group) is 1. The van der Waals surface area contributed by atoms with E-state index in [0.717, 1.165) is 64.2 Å². The predicted octanol–water partition coefficient (Wildman–Crippen LogP) is 19.4. The maximum absolute atomic E-state index is 12.9. The van der Waals surface area contributed by atoms with E-state index in [0.29, 0.717) is 17.4 Å². The van der Waals surface area contributed by atoms with Gasteiger partial charge in [-0.2, -0.15) is 0 Å². The SMILES string of the molecule is CC/C=C\C/C=C\C/C=C\C/C=C\CCCCCCCCCCCCCCCCCCCCCCC(=O)OC(COC(=O)CCCCCCCCCCCCCCCCCCCC)COC(OCC[N+](C)(C)C)C(=O)O. The Kier molecular flexibility index (Phi) is 56.3. The van der Waals surface area contributed by atoms with E-state index in [2.05, 4.69) is 62.5 Å². The van der Waals surface area contributed by atoms with Crippen LogP contribution < -0.4 is 0 Å². The summed E-state index contributed by atoms with van der Waals surface area (Å²) in [5.74, 6) is -1.98. The van der Waals surface area contributed by atoms with Crippen LogP contribution in [0.3, 0.4) is 0 Å². The molecule has 2 unspecified atom stereocenters. The monoisotopic (exact) mass is 1070 g/mol. The molecule has 1 N–H and O–H groups in total. The fourth-order valence-electron chi connectivity index (χ4n) is 9.42. The van der Waals surface area contributed by atoms with Gasteiger partial charge in [0.1, 0.15) is 13.2 Å². The summed E-state index contributed by atoms with van der Waals surface area (Å²) in [6.45, 7) is 4.82. The zero-order chi connectivity index (χ0) is 55.5. The third kappa shape index (κ3) is 58.9. The molecule has 0 heterocycles. The van der Waals surface area contributed by atoms with E-state index in [1.807, 2.05) is 21.1 Å². The summed E-state index contributed by atoms with van der Waals surface area (Å²) in [6.07, 6.45) is 70.7. The number of ether oxygens (including phenoxy) is 4. The maximum atomic E-state index is 12.9. The number of rotatable bonds is 60. The number of carbonyl (C=O) groups is 3. The van der Waals surface area contributed by atoms with Crippen LogP contribution in [0.25, 0.3) is 0 Å². The molecule has 0 saturated heterocycles. The van der Waals surface area contributed by atoms with Crippen LogP contribution in [0.2, 0.25) is 0 Å². The summed E-state index contributed by atoms with van der Waals surface area (Å²) < 4.78 is 22.9. The molecule has 444 valence electrons. The standard InChI is InChI=1S/C67H123NO8/c1-6-8-10-12-14-16-18-20-22-24-26-27-28-29-30-31-32-33-34-35-36-37-38-39-40-42-44-46-48-50-52-54-56-58-65(70)76-63(62-75-67(66(71)72)73-60-59-68(3,4)5)61-74-64(69)57-55-53-51-49-47-45-43-41-25-23-21-19-17-15-13-11-9-7-2/h8,10,14,16,20,22,26-27,63,67H,6-7,9,11-13,15,17-19,21,23-25,28-62H2,1-5H3/p+1/b10-8-,16-14-,22-20-,27-26-. The normalized spacial score (nSPS) is 13.0. The minimum atomic E-state index is -1.51. The van der Waals surface area contributed by atoms with Crippen molar-refractivity contribution in [3.8, 4) is 0 Å². The lowest BCUT2D eigenvalue weighted by Crippen LogP contribution is -2.40. The van der Waals surface area contributed by atoms with Crippen LogP contribution in [-0.2, 0) is 33.3 Å². The maximum Gasteiger partial charge on any atom is 0.361 e. The Morgan fingerprint density at radius 3 is 1.12 bits per heavy atom. The second-order valence-corrected chi connectivity index (χ2v) is 23.1. The molecule has 2 atom stereocenters. The van der Waals surface area contributed by atoms with Crippen LogP contribution in [0.1, 0.15) is 303 Å². The van der Waals surface area contributed by atoms with E-state index < -0.39 is 18.4 Å². The summed E-state index contributed by atoms with van der Waals surface area (Å²) in [5, 5.41) is 9.72. The molecule has 0 saturated carbocycles. The molecule has 0 fully saturated rings. The van der Waals surface area contributed by atoms with Gasteiger partial charge in [0.25, 0.3) is 6.29 Å². The van der Waals surface area contributed by atoms with Gasteiger partial charge in [-0.15, -0.1) is 0 Å². The Labute approximate surface area is 470 Å². The molecule has 0 aromatic heterocycles. The van der Waals surface area contributed by atoms with Gasteiger partial charge in [-0.1, -0.05) is 287 Å². The molecule has 9 heteroatoms. The molecular weight excluding hydrogens is 947 g/mol. The van der Waals surface area contributed by atoms with Gasteiger partial charge in [-0.05, 0) is 51.4 Å². The van der Waals surface area contributed by atoms with Crippen molar-refractivity contribution < 1.29 is 42.9 Å². The highest BCUT2D eigenvalue weighted by Gasteiger charge is 2.25. The summed E-state index contributed by atoms with van der Waals surface area (Å²) >= 11 is 0. The molecule has 0 spiro atoms. The second kappa shape index (κ2) is 58.4. The number of carboxylic acids is 1. The predicted molar refractivity (Wildman–Crippen MR) is 323 cm³/mol. The van der Waals surface area contributed by atoms with E-state index in [-0.39, 0.29) is 38.2 Å². The summed E-state index contributed by atoms with van der Waals surface area (Å²) in [4.78, 5) is 37.5. The highest BCUT2D eigenvalue weighted by Crippen LogP contribution is 2.18. The van der Waals surface area contributed by atoms with Gasteiger partial charge in [0.05, 0.1) is 34.4 Å². The largest absolute Gasteiger partial charge is 0.477 e. The first kappa shape index (κ1) is 73.2. The van der Waals surface area contributed by atoms with Crippen molar-refractivity contribution in [2.24, 2.45) is 0 Å². The molecule has 9 nitrogen and oxygen atoms in total. The fraction of sp³-hybridized carbons (Fsp3) is 0.836. The first-order chi connectivity index (χ1) is 37.1. The molecule has 0 radical (unpaired) electrons. The smallest absolute Gasteiger partial charge is 0.361 e. The number of carboxylic acid groups (broad SMARTS) is 1. The lowest BCUT2D eigenvalue weighted by atomic mass is 10.0. The molecule has 0 aliphatic rings. The molecule has 0 aliphatic carbocycles. The zero-order valence-electron chi connectivity index (χ0n) is 50.7. The Morgan fingerprint density at radius 1 is 0.408 bits per heavy atom. The van der Waals surface area contributed by atoms with Crippen LogP contribution in [-0.4, -0.2) is 87.4 Å².